The van der Waals surface area contributed by atoms with Gasteiger partial charge in [0.25, 0.3) is 0 Å². The molecule has 0 bridgehead atoms. The second-order valence-corrected chi connectivity index (χ2v) is 21.7. The number of quaternary nitrogens is 1. The molecule has 0 aliphatic rings. The minimum Gasteiger partial charge on any atom is -0.387 e. The molecule has 0 saturated heterocycles. The molecule has 0 heterocycles. The van der Waals surface area contributed by atoms with E-state index in [1.54, 1.807) is 6.08 Å². The van der Waals surface area contributed by atoms with Crippen molar-refractivity contribution in [1.82, 2.24) is 5.32 Å². The zero-order valence-electron chi connectivity index (χ0n) is 46.4. The number of likely N-dealkylation sites (N-methyl/N-ethyl adjacent to an activating group) is 1. The van der Waals surface area contributed by atoms with Gasteiger partial charge < -0.3 is 19.8 Å². The van der Waals surface area contributed by atoms with Crippen LogP contribution in [0, 0.1) is 0 Å². The first-order valence-corrected chi connectivity index (χ1v) is 30.3. The van der Waals surface area contributed by atoms with Gasteiger partial charge in [0.05, 0.1) is 39.9 Å². The highest BCUT2D eigenvalue weighted by molar-refractivity contribution is 7.47. The zero-order chi connectivity index (χ0) is 52.0. The second-order valence-electron chi connectivity index (χ2n) is 20.3. The first-order valence-electron chi connectivity index (χ1n) is 28.8. The van der Waals surface area contributed by atoms with Crippen LogP contribution in [0.25, 0.3) is 0 Å². The van der Waals surface area contributed by atoms with Crippen LogP contribution in [-0.2, 0) is 18.4 Å². The molecule has 0 saturated carbocycles. The number of carbonyl (C=O) groups excluding carboxylic acids is 1. The van der Waals surface area contributed by atoms with Crippen LogP contribution in [0.3, 0.4) is 0 Å². The van der Waals surface area contributed by atoms with E-state index in [-0.39, 0.29) is 19.1 Å². The molecule has 0 aliphatic carbocycles. The van der Waals surface area contributed by atoms with E-state index in [0.29, 0.717) is 17.4 Å². The number of rotatable bonds is 51. The lowest BCUT2D eigenvalue weighted by Crippen LogP contribution is -2.45. The molecule has 0 fully saturated rings. The summed E-state index contributed by atoms with van der Waals surface area (Å²) in [6.07, 6.45) is 76.5. The van der Waals surface area contributed by atoms with E-state index in [4.69, 9.17) is 9.05 Å². The molecule has 3 N–H and O–H groups in total. The van der Waals surface area contributed by atoms with Crippen LogP contribution in [0.2, 0.25) is 0 Å². The molecule has 0 rings (SSSR count). The molecule has 0 aromatic rings. The maximum atomic E-state index is 12.9. The van der Waals surface area contributed by atoms with Gasteiger partial charge >= 0.3 is 7.82 Å². The SMILES string of the molecule is CC/C=C\C/C=C\C/C=C\C/C=C\C/C=C\C/C=C\C/C=C\CCCCCCCCCCCCCCCCCCCC(=O)NC(COP(=O)(O)OCC[N+](C)(C)C)C(O)/C=C/CC/C=C/CCCCCC. The van der Waals surface area contributed by atoms with Crippen LogP contribution in [0.1, 0.15) is 226 Å². The van der Waals surface area contributed by atoms with E-state index in [1.807, 2.05) is 27.2 Å². The third-order valence-electron chi connectivity index (χ3n) is 12.2. The van der Waals surface area contributed by atoms with Gasteiger partial charge in [0.2, 0.25) is 5.91 Å². The topological polar surface area (TPSA) is 105 Å². The number of aliphatic hydroxyl groups is 1. The minimum absolute atomic E-state index is 0.0528. The fourth-order valence-electron chi connectivity index (χ4n) is 7.74. The summed E-state index contributed by atoms with van der Waals surface area (Å²) < 4.78 is 23.6. The molecule has 0 aliphatic heterocycles. The van der Waals surface area contributed by atoms with E-state index in [2.05, 4.69) is 116 Å². The number of aliphatic hydroxyl groups excluding tert-OH is 1. The number of nitrogens with one attached hydrogen (secondary N) is 1. The summed E-state index contributed by atoms with van der Waals surface area (Å²) in [5, 5.41) is 13.8. The first kappa shape index (κ1) is 68.2. The second kappa shape index (κ2) is 52.0. The summed E-state index contributed by atoms with van der Waals surface area (Å²) in [4.78, 5) is 23.2. The van der Waals surface area contributed by atoms with Crippen molar-refractivity contribution >= 4 is 13.7 Å². The third-order valence-corrected chi connectivity index (χ3v) is 13.2. The van der Waals surface area contributed by atoms with Gasteiger partial charge in [-0.15, -0.1) is 0 Å². The van der Waals surface area contributed by atoms with Crippen molar-refractivity contribution in [3.05, 3.63) is 109 Å². The van der Waals surface area contributed by atoms with Crippen LogP contribution in [0.5, 0.6) is 0 Å². The zero-order valence-corrected chi connectivity index (χ0v) is 47.3. The van der Waals surface area contributed by atoms with Crippen molar-refractivity contribution in [2.75, 3.05) is 40.9 Å². The fraction of sp³-hybridized carbons (Fsp3) is 0.694. The predicted octanol–water partition coefficient (Wildman–Crippen LogP) is 17.6. The standard InChI is InChI=1S/C62H109N2O6P/c1-6-8-10-12-14-16-18-19-20-21-22-23-24-25-26-27-28-29-30-31-32-33-34-35-36-37-38-39-40-41-42-43-44-45-46-48-50-52-54-56-62(66)63-60(59-70-71(67,68)69-58-57-64(3,4)5)61(65)55-53-51-49-47-17-15-13-11-9-7-2/h8,10,14,16-17,19-20,22-23,25-26,28-29,31-32,47,53,55,60-61,65H,6-7,9,11-13,15,18,21,24,27,30,33-46,48-52,54,56-59H2,1-5H3,(H-,63,66,67,68)/p+1/b10-8-,16-14-,20-19-,23-22-,26-25-,29-28-,32-31-,47-17+,55-53+. The number of carbonyl (C=O) groups is 1. The molecule has 1 amide bonds. The Morgan fingerprint density at radius 1 is 0.493 bits per heavy atom. The van der Waals surface area contributed by atoms with Crippen molar-refractivity contribution in [2.45, 2.75) is 238 Å². The number of amides is 1. The molecule has 71 heavy (non-hydrogen) atoms. The Morgan fingerprint density at radius 3 is 1.30 bits per heavy atom. The van der Waals surface area contributed by atoms with E-state index >= 15 is 0 Å². The maximum Gasteiger partial charge on any atom is 0.472 e. The molecule has 408 valence electrons. The van der Waals surface area contributed by atoms with E-state index in [1.165, 1.54) is 122 Å². The van der Waals surface area contributed by atoms with Gasteiger partial charge in [-0.3, -0.25) is 13.8 Å². The van der Waals surface area contributed by atoms with Crippen LogP contribution in [-0.4, -0.2) is 73.4 Å². The van der Waals surface area contributed by atoms with Crippen molar-refractivity contribution in [3.63, 3.8) is 0 Å². The van der Waals surface area contributed by atoms with Gasteiger partial charge in [-0.1, -0.05) is 239 Å². The summed E-state index contributed by atoms with van der Waals surface area (Å²) in [6.45, 7) is 4.63. The molecular weight excluding hydrogens is 900 g/mol. The summed E-state index contributed by atoms with van der Waals surface area (Å²) in [5.41, 5.74) is 0. The highest BCUT2D eigenvalue weighted by atomic mass is 31.2. The van der Waals surface area contributed by atoms with E-state index in [0.717, 1.165) is 83.5 Å². The first-order chi connectivity index (χ1) is 34.5. The van der Waals surface area contributed by atoms with Crippen molar-refractivity contribution in [2.24, 2.45) is 0 Å². The number of nitrogens with zero attached hydrogens (tertiary/aromatic N) is 1. The lowest BCUT2D eigenvalue weighted by molar-refractivity contribution is -0.870. The quantitative estimate of drug-likeness (QED) is 0.0243. The van der Waals surface area contributed by atoms with Crippen molar-refractivity contribution in [3.8, 4) is 0 Å². The van der Waals surface area contributed by atoms with Crippen molar-refractivity contribution < 1.29 is 32.9 Å². The van der Waals surface area contributed by atoms with Gasteiger partial charge in [0, 0.05) is 6.42 Å². The number of phosphoric ester groups is 1. The summed E-state index contributed by atoms with van der Waals surface area (Å²) in [7, 11) is 1.55. The number of hydrogen-bond donors (Lipinski definition) is 3. The van der Waals surface area contributed by atoms with Crippen LogP contribution in [0.15, 0.2) is 109 Å². The van der Waals surface area contributed by atoms with Gasteiger partial charge in [0.1, 0.15) is 13.2 Å². The molecule has 9 heteroatoms. The lowest BCUT2D eigenvalue weighted by Gasteiger charge is -2.25. The molecule has 0 radical (unpaired) electrons. The average molecular weight is 1010 g/mol. The number of allylic oxidation sites excluding steroid dienone is 17. The molecular formula is C62H110N2O6P+. The van der Waals surface area contributed by atoms with E-state index < -0.39 is 20.0 Å². The Balaban J connectivity index is 3.95. The highest BCUT2D eigenvalue weighted by Gasteiger charge is 2.27. The van der Waals surface area contributed by atoms with Gasteiger partial charge in [-0.2, -0.15) is 0 Å². The van der Waals surface area contributed by atoms with Crippen molar-refractivity contribution in [1.29, 1.82) is 0 Å². The molecule has 0 aromatic carbocycles. The third kappa shape index (κ3) is 54.8. The maximum absolute atomic E-state index is 12.9. The average Bonchev–Trinajstić information content (AvgIpc) is 3.33. The highest BCUT2D eigenvalue weighted by Crippen LogP contribution is 2.43. The Kier molecular flexibility index (Phi) is 50.0. The molecule has 3 atom stereocenters. The number of hydrogen-bond acceptors (Lipinski definition) is 5. The predicted molar refractivity (Wildman–Crippen MR) is 309 cm³/mol. The van der Waals surface area contributed by atoms with Crippen LogP contribution < -0.4 is 5.32 Å². The largest absolute Gasteiger partial charge is 0.472 e. The van der Waals surface area contributed by atoms with Crippen LogP contribution >= 0.6 is 7.82 Å². The van der Waals surface area contributed by atoms with Crippen LogP contribution in [0.4, 0.5) is 0 Å². The minimum atomic E-state index is -4.35. The molecule has 8 nitrogen and oxygen atoms in total. The normalized spacial score (nSPS) is 14.7. The number of unbranched alkanes of at least 4 members (excludes halogenated alkanes) is 22. The summed E-state index contributed by atoms with van der Waals surface area (Å²) in [6, 6.07) is -0.866. The smallest absolute Gasteiger partial charge is 0.387 e. The Bertz CT molecular complexity index is 1520. The Hall–Kier alpha value is -2.84. The van der Waals surface area contributed by atoms with Gasteiger partial charge in [-0.05, 0) is 89.9 Å². The summed E-state index contributed by atoms with van der Waals surface area (Å²) in [5.74, 6) is -0.192. The summed E-state index contributed by atoms with van der Waals surface area (Å²) >= 11 is 0. The fourth-order valence-corrected chi connectivity index (χ4v) is 8.48. The van der Waals surface area contributed by atoms with Gasteiger partial charge in [-0.25, -0.2) is 4.57 Å². The Labute approximate surface area is 438 Å². The lowest BCUT2D eigenvalue weighted by atomic mass is 10.0. The monoisotopic (exact) mass is 1010 g/mol. The van der Waals surface area contributed by atoms with E-state index in [9.17, 15) is 19.4 Å². The van der Waals surface area contributed by atoms with Gasteiger partial charge in [0.15, 0.2) is 0 Å². The number of phosphoric acid groups is 1. The Morgan fingerprint density at radius 2 is 0.859 bits per heavy atom. The molecule has 3 unspecified atom stereocenters. The molecule has 0 spiro atoms. The molecule has 0 aromatic heterocycles.